The highest BCUT2D eigenvalue weighted by Gasteiger charge is 2.12. The number of nitrogens with zero attached hydrogens (tertiary/aromatic N) is 3. The predicted molar refractivity (Wildman–Crippen MR) is 99.3 cm³/mol. The van der Waals surface area contributed by atoms with Crippen molar-refractivity contribution in [3.8, 4) is 0 Å². The van der Waals surface area contributed by atoms with Crippen LogP contribution in [0.5, 0.6) is 0 Å². The molecule has 0 saturated heterocycles. The monoisotopic (exact) mass is 349 g/mol. The lowest BCUT2D eigenvalue weighted by Crippen LogP contribution is -2.08. The van der Waals surface area contributed by atoms with Gasteiger partial charge in [0.15, 0.2) is 0 Å². The van der Waals surface area contributed by atoms with Crippen molar-refractivity contribution in [3.05, 3.63) is 72.3 Å². The third kappa shape index (κ3) is 4.54. The Labute approximate surface area is 151 Å². The Hall–Kier alpha value is -3.48. The summed E-state index contributed by atoms with van der Waals surface area (Å²) >= 11 is 0. The SMILES string of the molecule is CCOC(=O)c1ccccc1Nc1cc(NCc2cccnc2)ncn1. The molecular weight excluding hydrogens is 330 g/mol. The molecule has 0 aliphatic rings. The van der Waals surface area contributed by atoms with Crippen molar-refractivity contribution in [2.24, 2.45) is 0 Å². The van der Waals surface area contributed by atoms with E-state index >= 15 is 0 Å². The van der Waals surface area contributed by atoms with Crippen LogP contribution < -0.4 is 10.6 Å². The number of carbonyl (C=O) groups excluding carboxylic acids is 1. The highest BCUT2D eigenvalue weighted by atomic mass is 16.5. The second kappa shape index (κ2) is 8.57. The van der Waals surface area contributed by atoms with Gasteiger partial charge in [-0.25, -0.2) is 14.8 Å². The van der Waals surface area contributed by atoms with E-state index in [0.717, 1.165) is 5.56 Å². The number of pyridine rings is 1. The molecule has 2 N–H and O–H groups in total. The van der Waals surface area contributed by atoms with E-state index < -0.39 is 0 Å². The summed E-state index contributed by atoms with van der Waals surface area (Å²) in [6.45, 7) is 2.70. The van der Waals surface area contributed by atoms with Crippen molar-refractivity contribution in [2.45, 2.75) is 13.5 Å². The molecule has 0 radical (unpaired) electrons. The van der Waals surface area contributed by atoms with Crippen LogP contribution in [0, 0.1) is 0 Å². The summed E-state index contributed by atoms with van der Waals surface area (Å²) in [5, 5.41) is 6.37. The van der Waals surface area contributed by atoms with Gasteiger partial charge in [0.2, 0.25) is 0 Å². The minimum absolute atomic E-state index is 0.323. The molecule has 0 amide bonds. The molecule has 0 aliphatic heterocycles. The van der Waals surface area contributed by atoms with Crippen LogP contribution in [-0.2, 0) is 11.3 Å². The summed E-state index contributed by atoms with van der Waals surface area (Å²) in [7, 11) is 0. The third-order valence-corrected chi connectivity index (χ3v) is 3.55. The fourth-order valence-electron chi connectivity index (χ4n) is 2.33. The summed E-state index contributed by atoms with van der Waals surface area (Å²) in [6, 6.07) is 12.8. The minimum Gasteiger partial charge on any atom is -0.462 e. The number of esters is 1. The summed E-state index contributed by atoms with van der Waals surface area (Å²) in [4.78, 5) is 24.6. The average Bonchev–Trinajstić information content (AvgIpc) is 2.68. The molecule has 0 saturated carbocycles. The van der Waals surface area contributed by atoms with E-state index in [2.05, 4.69) is 25.6 Å². The van der Waals surface area contributed by atoms with E-state index in [9.17, 15) is 4.79 Å². The number of carbonyl (C=O) groups is 1. The molecule has 1 aromatic carbocycles. The van der Waals surface area contributed by atoms with E-state index in [1.54, 1.807) is 43.6 Å². The molecular formula is C19H19N5O2. The van der Waals surface area contributed by atoms with E-state index in [1.807, 2.05) is 18.2 Å². The van der Waals surface area contributed by atoms with Crippen molar-refractivity contribution in [2.75, 3.05) is 17.2 Å². The Balaban J connectivity index is 1.72. The molecule has 0 unspecified atom stereocenters. The molecule has 7 nitrogen and oxygen atoms in total. The number of benzene rings is 1. The van der Waals surface area contributed by atoms with Crippen LogP contribution in [0.25, 0.3) is 0 Å². The van der Waals surface area contributed by atoms with Gasteiger partial charge in [0, 0.05) is 25.0 Å². The minimum atomic E-state index is -0.375. The quantitative estimate of drug-likeness (QED) is 0.632. The van der Waals surface area contributed by atoms with Gasteiger partial charge >= 0.3 is 5.97 Å². The Morgan fingerprint density at radius 1 is 1.12 bits per heavy atom. The lowest BCUT2D eigenvalue weighted by atomic mass is 10.2. The van der Waals surface area contributed by atoms with Gasteiger partial charge in [-0.05, 0) is 30.7 Å². The number of aromatic nitrogens is 3. The fourth-order valence-corrected chi connectivity index (χ4v) is 2.33. The Morgan fingerprint density at radius 2 is 1.96 bits per heavy atom. The number of anilines is 3. The summed E-state index contributed by atoms with van der Waals surface area (Å²) in [5.41, 5.74) is 2.13. The van der Waals surface area contributed by atoms with Crippen LogP contribution in [-0.4, -0.2) is 27.5 Å². The normalized spacial score (nSPS) is 10.2. The molecule has 2 aromatic heterocycles. The van der Waals surface area contributed by atoms with Gasteiger partial charge in [-0.2, -0.15) is 0 Å². The number of para-hydroxylation sites is 1. The number of ether oxygens (including phenoxy) is 1. The average molecular weight is 349 g/mol. The van der Waals surface area contributed by atoms with E-state index in [4.69, 9.17) is 4.74 Å². The number of hydrogen-bond acceptors (Lipinski definition) is 7. The molecule has 3 aromatic rings. The first-order valence-electron chi connectivity index (χ1n) is 8.24. The number of rotatable bonds is 7. The first-order valence-corrected chi connectivity index (χ1v) is 8.24. The van der Waals surface area contributed by atoms with Gasteiger partial charge in [-0.15, -0.1) is 0 Å². The van der Waals surface area contributed by atoms with Crippen LogP contribution in [0.3, 0.4) is 0 Å². The lowest BCUT2D eigenvalue weighted by Gasteiger charge is -2.11. The predicted octanol–water partition coefficient (Wildman–Crippen LogP) is 3.40. The van der Waals surface area contributed by atoms with Gasteiger partial charge in [-0.1, -0.05) is 18.2 Å². The van der Waals surface area contributed by atoms with Crippen molar-refractivity contribution < 1.29 is 9.53 Å². The van der Waals surface area contributed by atoms with Gasteiger partial charge in [0.05, 0.1) is 17.9 Å². The summed E-state index contributed by atoms with van der Waals surface area (Å²) in [6.07, 6.45) is 4.99. The van der Waals surface area contributed by atoms with E-state index in [1.165, 1.54) is 6.33 Å². The second-order valence-electron chi connectivity index (χ2n) is 5.39. The smallest absolute Gasteiger partial charge is 0.340 e. The van der Waals surface area contributed by atoms with Crippen LogP contribution in [0.4, 0.5) is 17.3 Å². The topological polar surface area (TPSA) is 89.0 Å². The zero-order valence-electron chi connectivity index (χ0n) is 14.3. The number of hydrogen-bond donors (Lipinski definition) is 2. The molecule has 0 aliphatic carbocycles. The van der Waals surface area contributed by atoms with Gasteiger partial charge < -0.3 is 15.4 Å². The molecule has 7 heteroatoms. The molecule has 26 heavy (non-hydrogen) atoms. The zero-order valence-corrected chi connectivity index (χ0v) is 14.3. The second-order valence-corrected chi connectivity index (χ2v) is 5.39. The molecule has 3 rings (SSSR count). The largest absolute Gasteiger partial charge is 0.462 e. The lowest BCUT2D eigenvalue weighted by molar-refractivity contribution is 0.0527. The van der Waals surface area contributed by atoms with Crippen molar-refractivity contribution in [1.29, 1.82) is 0 Å². The highest BCUT2D eigenvalue weighted by Crippen LogP contribution is 2.21. The number of nitrogens with one attached hydrogen (secondary N) is 2. The first kappa shape index (κ1) is 17.3. The summed E-state index contributed by atoms with van der Waals surface area (Å²) in [5.74, 6) is 0.866. The van der Waals surface area contributed by atoms with Crippen molar-refractivity contribution >= 4 is 23.3 Å². The van der Waals surface area contributed by atoms with Gasteiger partial charge in [0.25, 0.3) is 0 Å². The van der Waals surface area contributed by atoms with Crippen molar-refractivity contribution in [1.82, 2.24) is 15.0 Å². The standard InChI is InChI=1S/C19H19N5O2/c1-2-26-19(25)15-7-3-4-8-16(15)24-18-10-17(22-13-23-18)21-12-14-6-5-9-20-11-14/h3-11,13H,2,12H2,1H3,(H2,21,22,23,24). The molecule has 0 bridgehead atoms. The molecule has 132 valence electrons. The van der Waals surface area contributed by atoms with Crippen molar-refractivity contribution in [3.63, 3.8) is 0 Å². The Kier molecular flexibility index (Phi) is 5.72. The van der Waals surface area contributed by atoms with E-state index in [0.29, 0.717) is 36.0 Å². The molecule has 0 spiro atoms. The van der Waals surface area contributed by atoms with Crippen LogP contribution in [0.15, 0.2) is 61.2 Å². The van der Waals surface area contributed by atoms with E-state index in [-0.39, 0.29) is 5.97 Å². The fraction of sp³-hybridized carbons (Fsp3) is 0.158. The van der Waals surface area contributed by atoms with Gasteiger partial charge in [0.1, 0.15) is 18.0 Å². The summed E-state index contributed by atoms with van der Waals surface area (Å²) < 4.78 is 5.09. The van der Waals surface area contributed by atoms with Crippen LogP contribution >= 0.6 is 0 Å². The molecule has 2 heterocycles. The maximum atomic E-state index is 12.1. The Morgan fingerprint density at radius 3 is 2.77 bits per heavy atom. The highest BCUT2D eigenvalue weighted by molar-refractivity contribution is 5.96. The third-order valence-electron chi connectivity index (χ3n) is 3.55. The van der Waals surface area contributed by atoms with Crippen LogP contribution in [0.2, 0.25) is 0 Å². The van der Waals surface area contributed by atoms with Crippen LogP contribution in [0.1, 0.15) is 22.8 Å². The maximum Gasteiger partial charge on any atom is 0.340 e. The molecule has 0 atom stereocenters. The zero-order chi connectivity index (χ0) is 18.2. The first-order chi connectivity index (χ1) is 12.8. The van der Waals surface area contributed by atoms with Gasteiger partial charge in [-0.3, -0.25) is 4.98 Å². The molecule has 0 fully saturated rings. The Bertz CT molecular complexity index is 871. The maximum absolute atomic E-state index is 12.1.